The van der Waals surface area contributed by atoms with E-state index in [4.69, 9.17) is 4.74 Å². The number of methoxy groups -OCH3 is 1. The first-order chi connectivity index (χ1) is 7.79. The molecule has 2 fully saturated rings. The fourth-order valence-corrected chi connectivity index (χ4v) is 2.90. The molecule has 2 aliphatic rings. The number of nitrogens with one attached hydrogen (secondary N) is 1. The summed E-state index contributed by atoms with van der Waals surface area (Å²) in [6, 6.07) is 1.57. The average molecular weight is 226 g/mol. The molecule has 0 spiro atoms. The predicted molar refractivity (Wildman–Crippen MR) is 66.7 cm³/mol. The molecule has 0 heterocycles. The molecule has 0 atom stereocenters. The van der Waals surface area contributed by atoms with Crippen molar-refractivity contribution in [2.24, 2.45) is 0 Å². The van der Waals surface area contributed by atoms with E-state index in [9.17, 15) is 0 Å². The Hall–Kier alpha value is -0.120. The van der Waals surface area contributed by atoms with Gasteiger partial charge < -0.3 is 15.0 Å². The monoisotopic (exact) mass is 226 g/mol. The first-order valence-electron chi connectivity index (χ1n) is 6.76. The van der Waals surface area contributed by atoms with Crippen molar-refractivity contribution in [3.63, 3.8) is 0 Å². The van der Waals surface area contributed by atoms with Crippen LogP contribution in [0.15, 0.2) is 0 Å². The van der Waals surface area contributed by atoms with Crippen LogP contribution in [0, 0.1) is 0 Å². The number of hydrogen-bond donors (Lipinski definition) is 1. The molecule has 0 radical (unpaired) electrons. The molecule has 3 nitrogen and oxygen atoms in total. The van der Waals surface area contributed by atoms with E-state index in [1.807, 2.05) is 7.11 Å². The molecule has 0 aromatic rings. The summed E-state index contributed by atoms with van der Waals surface area (Å²) in [5.41, 5.74) is 0. The Kier molecular flexibility index (Phi) is 4.62. The minimum atomic E-state index is 0.519. The number of ether oxygens (including phenoxy) is 1. The summed E-state index contributed by atoms with van der Waals surface area (Å²) < 4.78 is 5.27. The van der Waals surface area contributed by atoms with Gasteiger partial charge in [0, 0.05) is 32.3 Å². The first kappa shape index (κ1) is 12.3. The van der Waals surface area contributed by atoms with Crippen molar-refractivity contribution in [3.05, 3.63) is 0 Å². The van der Waals surface area contributed by atoms with Gasteiger partial charge in [-0.15, -0.1) is 0 Å². The van der Waals surface area contributed by atoms with Crippen LogP contribution in [0.25, 0.3) is 0 Å². The average Bonchev–Trinajstić information content (AvgIpc) is 2.74. The van der Waals surface area contributed by atoms with Crippen LogP contribution < -0.4 is 5.32 Å². The van der Waals surface area contributed by atoms with Gasteiger partial charge in [0.05, 0.1) is 6.10 Å². The van der Waals surface area contributed by atoms with Crippen molar-refractivity contribution < 1.29 is 4.74 Å². The van der Waals surface area contributed by atoms with Gasteiger partial charge in [0.25, 0.3) is 0 Å². The molecule has 2 aliphatic carbocycles. The number of rotatable bonds is 6. The second-order valence-electron chi connectivity index (χ2n) is 5.40. The molecule has 3 heteroatoms. The molecule has 0 aliphatic heterocycles. The summed E-state index contributed by atoms with van der Waals surface area (Å²) in [5, 5.41) is 3.62. The van der Waals surface area contributed by atoms with Crippen LogP contribution in [0.5, 0.6) is 0 Å². The largest absolute Gasteiger partial charge is 0.381 e. The van der Waals surface area contributed by atoms with Crippen LogP contribution in [0.2, 0.25) is 0 Å². The second-order valence-corrected chi connectivity index (χ2v) is 5.40. The van der Waals surface area contributed by atoms with E-state index < -0.39 is 0 Å². The third-order valence-corrected chi connectivity index (χ3v) is 4.27. The molecule has 94 valence electrons. The Bertz CT molecular complexity index is 198. The van der Waals surface area contributed by atoms with Crippen molar-refractivity contribution in [1.29, 1.82) is 0 Å². The fourth-order valence-electron chi connectivity index (χ4n) is 2.90. The van der Waals surface area contributed by atoms with Crippen LogP contribution in [-0.2, 0) is 4.74 Å². The highest BCUT2D eigenvalue weighted by Gasteiger charge is 2.28. The molecule has 0 saturated heterocycles. The zero-order valence-electron chi connectivity index (χ0n) is 10.7. The SMILES string of the molecule is COC1CC(NCCN(C)C2CCCC2)C1. The van der Waals surface area contributed by atoms with Gasteiger partial charge in [0.1, 0.15) is 0 Å². The Balaban J connectivity index is 1.51. The molecular formula is C13H26N2O. The minimum absolute atomic E-state index is 0.519. The molecule has 16 heavy (non-hydrogen) atoms. The quantitative estimate of drug-likeness (QED) is 0.745. The Morgan fingerprint density at radius 1 is 1.25 bits per heavy atom. The second kappa shape index (κ2) is 5.99. The molecular weight excluding hydrogens is 200 g/mol. The smallest absolute Gasteiger partial charge is 0.0601 e. The van der Waals surface area contributed by atoms with Gasteiger partial charge >= 0.3 is 0 Å². The molecule has 0 bridgehead atoms. The maximum absolute atomic E-state index is 5.27. The molecule has 0 aromatic heterocycles. The fraction of sp³-hybridized carbons (Fsp3) is 1.00. The first-order valence-corrected chi connectivity index (χ1v) is 6.76. The van der Waals surface area contributed by atoms with Gasteiger partial charge in [0.2, 0.25) is 0 Å². The van der Waals surface area contributed by atoms with Gasteiger partial charge in [-0.1, -0.05) is 12.8 Å². The van der Waals surface area contributed by atoms with Gasteiger partial charge in [-0.25, -0.2) is 0 Å². The third-order valence-electron chi connectivity index (χ3n) is 4.27. The zero-order chi connectivity index (χ0) is 11.4. The van der Waals surface area contributed by atoms with E-state index in [1.165, 1.54) is 45.1 Å². The summed E-state index contributed by atoms with van der Waals surface area (Å²) in [4.78, 5) is 2.53. The van der Waals surface area contributed by atoms with Crippen LogP contribution in [0.3, 0.4) is 0 Å². The highest BCUT2D eigenvalue weighted by Crippen LogP contribution is 2.23. The molecule has 2 saturated carbocycles. The van der Waals surface area contributed by atoms with E-state index in [0.29, 0.717) is 12.1 Å². The minimum Gasteiger partial charge on any atom is -0.381 e. The summed E-state index contributed by atoms with van der Waals surface area (Å²) in [6.07, 6.45) is 8.59. The van der Waals surface area contributed by atoms with Crippen LogP contribution >= 0.6 is 0 Å². The number of likely N-dealkylation sites (N-methyl/N-ethyl adjacent to an activating group) is 1. The van der Waals surface area contributed by atoms with Gasteiger partial charge in [-0.3, -0.25) is 0 Å². The van der Waals surface area contributed by atoms with Crippen molar-refractivity contribution >= 4 is 0 Å². The van der Waals surface area contributed by atoms with Crippen molar-refractivity contribution in [2.45, 2.75) is 56.7 Å². The van der Waals surface area contributed by atoms with Gasteiger partial charge in [0.15, 0.2) is 0 Å². The summed E-state index contributed by atoms with van der Waals surface area (Å²) in [6.45, 7) is 2.33. The van der Waals surface area contributed by atoms with Crippen LogP contribution in [0.4, 0.5) is 0 Å². The highest BCUT2D eigenvalue weighted by molar-refractivity contribution is 4.86. The van der Waals surface area contributed by atoms with Crippen molar-refractivity contribution in [3.8, 4) is 0 Å². The van der Waals surface area contributed by atoms with E-state index >= 15 is 0 Å². The van der Waals surface area contributed by atoms with Crippen LogP contribution in [0.1, 0.15) is 38.5 Å². The lowest BCUT2D eigenvalue weighted by molar-refractivity contribution is 0.0169. The van der Waals surface area contributed by atoms with Crippen LogP contribution in [-0.4, -0.2) is 50.3 Å². The van der Waals surface area contributed by atoms with E-state index in [1.54, 1.807) is 0 Å². The molecule has 0 aromatic carbocycles. The zero-order valence-corrected chi connectivity index (χ0v) is 10.7. The maximum Gasteiger partial charge on any atom is 0.0601 e. The summed E-state index contributed by atoms with van der Waals surface area (Å²) in [5.74, 6) is 0. The van der Waals surface area contributed by atoms with Crippen molar-refractivity contribution in [1.82, 2.24) is 10.2 Å². The predicted octanol–water partition coefficient (Wildman–Crippen LogP) is 1.63. The van der Waals surface area contributed by atoms with Crippen molar-refractivity contribution in [2.75, 3.05) is 27.2 Å². The molecule has 2 rings (SSSR count). The number of nitrogens with zero attached hydrogens (tertiary/aromatic N) is 1. The Morgan fingerprint density at radius 2 is 1.94 bits per heavy atom. The van der Waals surface area contributed by atoms with E-state index in [-0.39, 0.29) is 0 Å². The summed E-state index contributed by atoms with van der Waals surface area (Å²) in [7, 11) is 4.09. The lowest BCUT2D eigenvalue weighted by atomic mass is 9.89. The standard InChI is InChI=1S/C13H26N2O/c1-15(12-5-3-4-6-12)8-7-14-11-9-13(10-11)16-2/h11-14H,3-10H2,1-2H3. The van der Waals surface area contributed by atoms with E-state index in [0.717, 1.165) is 12.6 Å². The lowest BCUT2D eigenvalue weighted by Gasteiger charge is -2.35. The maximum atomic E-state index is 5.27. The normalized spacial score (nSPS) is 30.9. The van der Waals surface area contributed by atoms with E-state index in [2.05, 4.69) is 17.3 Å². The number of hydrogen-bond acceptors (Lipinski definition) is 3. The lowest BCUT2D eigenvalue weighted by Crippen LogP contribution is -2.47. The van der Waals surface area contributed by atoms with Gasteiger partial charge in [-0.05, 0) is 32.7 Å². The molecule has 0 amide bonds. The Morgan fingerprint density at radius 3 is 2.56 bits per heavy atom. The molecule has 0 unspecified atom stereocenters. The highest BCUT2D eigenvalue weighted by atomic mass is 16.5. The summed E-state index contributed by atoms with van der Waals surface area (Å²) >= 11 is 0. The molecule has 1 N–H and O–H groups in total. The third kappa shape index (κ3) is 3.19. The van der Waals surface area contributed by atoms with Gasteiger partial charge in [-0.2, -0.15) is 0 Å². The topological polar surface area (TPSA) is 24.5 Å². The Labute approximate surface area is 99.5 Å².